The van der Waals surface area contributed by atoms with Gasteiger partial charge < -0.3 is 10.2 Å². The second kappa shape index (κ2) is 12.3. The Hall–Kier alpha value is -2.22. The van der Waals surface area contributed by atoms with E-state index in [1.165, 1.54) is 0 Å². The van der Waals surface area contributed by atoms with Gasteiger partial charge in [-0.05, 0) is 23.3 Å². The maximum Gasteiger partial charge on any atom is 0.328 e. The molecule has 2 aromatic rings. The average Bonchev–Trinajstić information content (AvgIpc) is 2.53. The molecule has 2 aromatic carbocycles. The zero-order valence-electron chi connectivity index (χ0n) is 12.5. The molecule has 0 aliphatic heterocycles. The van der Waals surface area contributed by atoms with Crippen molar-refractivity contribution in [3.05, 3.63) is 83.9 Å². The Morgan fingerprint density at radius 2 is 0.957 bits per heavy atom. The SMILES string of the molecule is O=C(O)C=Cc1ccccc1.O=C(O)C=Cc1ccccc1.[Cd]. The fourth-order valence-corrected chi connectivity index (χ4v) is 1.46. The topological polar surface area (TPSA) is 74.6 Å². The number of carboxylic acid groups (broad SMARTS) is 2. The molecule has 23 heavy (non-hydrogen) atoms. The van der Waals surface area contributed by atoms with Gasteiger partial charge >= 0.3 is 11.9 Å². The summed E-state index contributed by atoms with van der Waals surface area (Å²) in [6, 6.07) is 18.6. The first-order valence-corrected chi connectivity index (χ1v) is 6.50. The van der Waals surface area contributed by atoms with E-state index < -0.39 is 11.9 Å². The fourth-order valence-electron chi connectivity index (χ4n) is 1.46. The second-order valence-corrected chi connectivity index (χ2v) is 4.16. The van der Waals surface area contributed by atoms with Crippen molar-refractivity contribution in [1.29, 1.82) is 0 Å². The number of hydrogen-bond acceptors (Lipinski definition) is 2. The van der Waals surface area contributed by atoms with Crippen molar-refractivity contribution in [2.24, 2.45) is 0 Å². The van der Waals surface area contributed by atoms with Gasteiger partial charge in [0.05, 0.1) is 0 Å². The summed E-state index contributed by atoms with van der Waals surface area (Å²) in [5.41, 5.74) is 1.80. The second-order valence-electron chi connectivity index (χ2n) is 4.16. The molecule has 2 N–H and O–H groups in total. The van der Waals surface area contributed by atoms with Crippen molar-refractivity contribution in [3.8, 4) is 0 Å². The quantitative estimate of drug-likeness (QED) is 0.599. The molecule has 0 aliphatic rings. The van der Waals surface area contributed by atoms with Crippen LogP contribution in [0.4, 0.5) is 0 Å². The molecular weight excluding hydrogens is 393 g/mol. The minimum absolute atomic E-state index is 0. The number of carbonyl (C=O) groups is 2. The molecule has 0 heterocycles. The van der Waals surface area contributed by atoms with Crippen molar-refractivity contribution >= 4 is 24.1 Å². The van der Waals surface area contributed by atoms with Crippen LogP contribution in [0.15, 0.2) is 72.8 Å². The zero-order chi connectivity index (χ0) is 16.2. The molecule has 0 unspecified atom stereocenters. The Morgan fingerprint density at radius 3 is 1.22 bits per heavy atom. The van der Waals surface area contributed by atoms with Gasteiger partial charge in [0.1, 0.15) is 0 Å². The fraction of sp³-hybridized carbons (Fsp3) is 0. The molecule has 0 saturated heterocycles. The summed E-state index contributed by atoms with van der Waals surface area (Å²) in [5.74, 6) is -1.84. The Morgan fingerprint density at radius 1 is 0.652 bits per heavy atom. The van der Waals surface area contributed by atoms with Gasteiger partial charge in [-0.1, -0.05) is 60.7 Å². The van der Waals surface area contributed by atoms with E-state index >= 15 is 0 Å². The summed E-state index contributed by atoms with van der Waals surface area (Å²) >= 11 is 0. The van der Waals surface area contributed by atoms with E-state index in [0.29, 0.717) is 0 Å². The van der Waals surface area contributed by atoms with Crippen LogP contribution in [0.5, 0.6) is 0 Å². The summed E-state index contributed by atoms with van der Waals surface area (Å²) in [4.78, 5) is 20.2. The molecule has 0 atom stereocenters. The summed E-state index contributed by atoms with van der Waals surface area (Å²) in [6.45, 7) is 0. The predicted molar refractivity (Wildman–Crippen MR) is 86.2 cm³/mol. The number of benzene rings is 2. The van der Waals surface area contributed by atoms with Gasteiger partial charge in [0.25, 0.3) is 0 Å². The zero-order valence-corrected chi connectivity index (χ0v) is 16.5. The number of carboxylic acids is 2. The van der Waals surface area contributed by atoms with E-state index in [9.17, 15) is 9.59 Å². The molecule has 114 valence electrons. The third-order valence-corrected chi connectivity index (χ3v) is 2.44. The molecule has 0 spiro atoms. The Kier molecular flexibility index (Phi) is 11.1. The Balaban J connectivity index is 0.000000403. The molecule has 0 bridgehead atoms. The summed E-state index contributed by atoms with van der Waals surface area (Å²) in [6.07, 6.45) is 5.36. The smallest absolute Gasteiger partial charge is 0.328 e. The molecule has 4 nitrogen and oxygen atoms in total. The first-order chi connectivity index (χ1) is 10.6. The predicted octanol–water partition coefficient (Wildman–Crippen LogP) is 3.57. The largest absolute Gasteiger partial charge is 0.478 e. The molecule has 2 rings (SSSR count). The van der Waals surface area contributed by atoms with Gasteiger partial charge in [-0.3, -0.25) is 0 Å². The minimum Gasteiger partial charge on any atom is -0.478 e. The van der Waals surface area contributed by atoms with Crippen molar-refractivity contribution < 1.29 is 47.1 Å². The maximum atomic E-state index is 10.1. The molecule has 0 fully saturated rings. The van der Waals surface area contributed by atoms with Crippen molar-refractivity contribution in [3.63, 3.8) is 0 Å². The van der Waals surface area contributed by atoms with Crippen LogP contribution in [-0.4, -0.2) is 22.2 Å². The number of aliphatic carboxylic acids is 2. The summed E-state index contributed by atoms with van der Waals surface area (Å²) in [7, 11) is 0. The van der Waals surface area contributed by atoms with E-state index in [4.69, 9.17) is 10.2 Å². The van der Waals surface area contributed by atoms with E-state index in [0.717, 1.165) is 23.3 Å². The molecule has 0 saturated carbocycles. The van der Waals surface area contributed by atoms with Gasteiger partial charge in [-0.2, -0.15) is 0 Å². The Bertz CT molecular complexity index is 590. The standard InChI is InChI=1S/2C9H8O2.Cd/c2*10-9(11)7-6-8-4-2-1-3-5-8;/h2*1-7H,(H,10,11);. The van der Waals surface area contributed by atoms with Crippen LogP contribution >= 0.6 is 0 Å². The first kappa shape index (κ1) is 20.8. The van der Waals surface area contributed by atoms with Gasteiger partial charge in [-0.15, -0.1) is 0 Å². The van der Waals surface area contributed by atoms with Gasteiger partial charge in [0.2, 0.25) is 0 Å². The maximum absolute atomic E-state index is 10.1. The van der Waals surface area contributed by atoms with E-state index in [2.05, 4.69) is 0 Å². The normalized spacial score (nSPS) is 9.74. The van der Waals surface area contributed by atoms with Gasteiger partial charge in [-0.25, -0.2) is 9.59 Å². The van der Waals surface area contributed by atoms with Crippen LogP contribution in [0, 0.1) is 0 Å². The molecule has 0 amide bonds. The Labute approximate surface area is 154 Å². The van der Waals surface area contributed by atoms with Crippen LogP contribution in [-0.2, 0) is 36.9 Å². The van der Waals surface area contributed by atoms with Gasteiger partial charge in [0.15, 0.2) is 0 Å². The third kappa shape index (κ3) is 11.1. The minimum atomic E-state index is -0.922. The van der Waals surface area contributed by atoms with Crippen molar-refractivity contribution in [2.45, 2.75) is 0 Å². The van der Waals surface area contributed by atoms with Crippen LogP contribution in [0.2, 0.25) is 0 Å². The first-order valence-electron chi connectivity index (χ1n) is 6.50. The van der Waals surface area contributed by atoms with Gasteiger partial charge in [0, 0.05) is 39.5 Å². The van der Waals surface area contributed by atoms with Crippen LogP contribution in [0.25, 0.3) is 12.2 Å². The summed E-state index contributed by atoms with van der Waals surface area (Å²) in [5, 5.41) is 16.6. The molecule has 0 radical (unpaired) electrons. The van der Waals surface area contributed by atoms with E-state index in [1.54, 1.807) is 12.2 Å². The molecular formula is C18H16CdO4. The van der Waals surface area contributed by atoms with Crippen molar-refractivity contribution in [2.75, 3.05) is 0 Å². The molecule has 5 heteroatoms. The average molecular weight is 409 g/mol. The van der Waals surface area contributed by atoms with E-state index in [1.807, 2.05) is 60.7 Å². The van der Waals surface area contributed by atoms with Crippen molar-refractivity contribution in [1.82, 2.24) is 0 Å². The van der Waals surface area contributed by atoms with Crippen LogP contribution < -0.4 is 0 Å². The number of rotatable bonds is 4. The van der Waals surface area contributed by atoms with Crippen LogP contribution in [0.3, 0.4) is 0 Å². The molecule has 0 aromatic heterocycles. The molecule has 0 aliphatic carbocycles. The van der Waals surface area contributed by atoms with E-state index in [-0.39, 0.29) is 27.3 Å². The monoisotopic (exact) mass is 410 g/mol. The van der Waals surface area contributed by atoms with Crippen LogP contribution in [0.1, 0.15) is 11.1 Å². The summed E-state index contributed by atoms with van der Waals surface area (Å²) < 4.78 is 0. The third-order valence-electron chi connectivity index (χ3n) is 2.44. The number of hydrogen-bond donors (Lipinski definition) is 2.